The van der Waals surface area contributed by atoms with E-state index in [0.717, 1.165) is 35.6 Å². The Morgan fingerprint density at radius 2 is 1.19 bits per heavy atom. The first-order chi connectivity index (χ1) is 25.4. The van der Waals surface area contributed by atoms with E-state index in [0.29, 0.717) is 26.1 Å². The van der Waals surface area contributed by atoms with Crippen LogP contribution in [0.15, 0.2) is 110 Å². The molecule has 5 rings (SSSR count). The van der Waals surface area contributed by atoms with Crippen LogP contribution in [0.25, 0.3) is 11.3 Å². The van der Waals surface area contributed by atoms with Crippen molar-refractivity contribution in [3.8, 4) is 22.8 Å². The lowest BCUT2D eigenvalue weighted by Crippen LogP contribution is -2.37. The molecule has 1 aliphatic rings. The van der Waals surface area contributed by atoms with Gasteiger partial charge >= 0.3 is 0 Å². The van der Waals surface area contributed by atoms with Crippen LogP contribution in [0.2, 0.25) is 0 Å². The van der Waals surface area contributed by atoms with Gasteiger partial charge in [-0.05, 0) is 151 Å². The molecule has 1 aliphatic carbocycles. The molecule has 1 N–H and O–H groups in total. The van der Waals surface area contributed by atoms with Crippen molar-refractivity contribution in [2.75, 3.05) is 13.2 Å². The first kappa shape index (κ1) is 40.5. The van der Waals surface area contributed by atoms with Crippen LogP contribution in [-0.2, 0) is 30.9 Å². The van der Waals surface area contributed by atoms with Gasteiger partial charge in [0.2, 0.25) is 0 Å². The van der Waals surface area contributed by atoms with E-state index >= 15 is 0 Å². The van der Waals surface area contributed by atoms with E-state index in [1.807, 2.05) is 40.0 Å². The molecule has 286 valence electrons. The first-order valence-corrected chi connectivity index (χ1v) is 18.9. The van der Waals surface area contributed by atoms with Gasteiger partial charge in [-0.15, -0.1) is 0 Å². The highest BCUT2D eigenvalue weighted by atomic mass is 16.5. The van der Waals surface area contributed by atoms with Crippen molar-refractivity contribution < 1.29 is 28.5 Å². The number of carbonyl (C=O) groups excluding carboxylic acids is 2. The molecule has 54 heavy (non-hydrogen) atoms. The Bertz CT molecular complexity index is 1840. The summed E-state index contributed by atoms with van der Waals surface area (Å²) in [6.45, 7) is 23.1. The van der Waals surface area contributed by atoms with E-state index in [2.05, 4.69) is 90.9 Å². The summed E-state index contributed by atoms with van der Waals surface area (Å²) in [5, 5.41) is 0. The molecule has 0 aliphatic heterocycles. The minimum Gasteiger partial charge on any atom is -0.488 e. The number of hydrogen-bond donors (Lipinski definition) is 1. The lowest BCUT2D eigenvalue weighted by Gasteiger charge is -2.34. The Kier molecular flexibility index (Phi) is 11.9. The molecule has 0 saturated carbocycles. The molecule has 0 spiro atoms. The molecule has 7 heteroatoms. The van der Waals surface area contributed by atoms with Crippen molar-refractivity contribution >= 4 is 11.6 Å². The van der Waals surface area contributed by atoms with Gasteiger partial charge in [-0.1, -0.05) is 49.6 Å². The topological polar surface area (TPSA) is 86.8 Å². The SMILES string of the molecule is C=CC(=O)C(C)(C)OCCC(C)(C)Oc1ccc(C2(c3ccc(OC(C)(C)CCOC(C)(C)C(=O)C=C)cc3)CCc3ccc(-c4ccc[nH]4)cc32)cc1. The van der Waals surface area contributed by atoms with Crippen molar-refractivity contribution in [2.24, 2.45) is 0 Å². The van der Waals surface area contributed by atoms with Gasteiger partial charge in [0, 0.05) is 30.1 Å². The van der Waals surface area contributed by atoms with Gasteiger partial charge in [-0.25, -0.2) is 0 Å². The molecule has 0 amide bonds. The number of fused-ring (bicyclic) bond motifs is 1. The number of ketones is 2. The summed E-state index contributed by atoms with van der Waals surface area (Å²) in [6.07, 6.45) is 7.64. The monoisotopic (exact) mass is 731 g/mol. The first-order valence-electron chi connectivity index (χ1n) is 18.9. The molecule has 0 fully saturated rings. The Hall–Kier alpha value is -4.72. The largest absolute Gasteiger partial charge is 0.488 e. The van der Waals surface area contributed by atoms with Crippen LogP contribution in [0.4, 0.5) is 0 Å². The van der Waals surface area contributed by atoms with Gasteiger partial charge < -0.3 is 23.9 Å². The number of aryl methyl sites for hydroxylation is 1. The predicted octanol–water partition coefficient (Wildman–Crippen LogP) is 10.2. The summed E-state index contributed by atoms with van der Waals surface area (Å²) >= 11 is 0. The molecule has 1 heterocycles. The number of benzene rings is 3. The van der Waals surface area contributed by atoms with Gasteiger partial charge in [0.1, 0.15) is 33.9 Å². The van der Waals surface area contributed by atoms with E-state index in [1.54, 1.807) is 27.7 Å². The molecule has 0 saturated heterocycles. The third kappa shape index (κ3) is 9.14. The number of hydrogen-bond acceptors (Lipinski definition) is 6. The number of rotatable bonds is 19. The molecule has 0 unspecified atom stereocenters. The van der Waals surface area contributed by atoms with Gasteiger partial charge in [0.15, 0.2) is 11.6 Å². The fourth-order valence-corrected chi connectivity index (χ4v) is 7.19. The van der Waals surface area contributed by atoms with Crippen molar-refractivity contribution in [2.45, 2.75) is 109 Å². The Balaban J connectivity index is 1.40. The summed E-state index contributed by atoms with van der Waals surface area (Å²) in [6, 6.07) is 27.9. The summed E-state index contributed by atoms with van der Waals surface area (Å²) in [5.41, 5.74) is 3.94. The lowest BCUT2D eigenvalue weighted by molar-refractivity contribution is -0.136. The Morgan fingerprint density at radius 3 is 1.61 bits per heavy atom. The second-order valence-corrected chi connectivity index (χ2v) is 16.5. The zero-order valence-electron chi connectivity index (χ0n) is 33.3. The highest BCUT2D eigenvalue weighted by Gasteiger charge is 2.42. The van der Waals surface area contributed by atoms with E-state index < -0.39 is 27.8 Å². The smallest absolute Gasteiger partial charge is 0.186 e. The number of ether oxygens (including phenoxy) is 4. The maximum atomic E-state index is 12.2. The third-order valence-electron chi connectivity index (χ3n) is 10.6. The minimum absolute atomic E-state index is 0.144. The van der Waals surface area contributed by atoms with Crippen LogP contribution in [0.5, 0.6) is 11.5 Å². The highest BCUT2D eigenvalue weighted by Crippen LogP contribution is 2.50. The van der Waals surface area contributed by atoms with Gasteiger partial charge in [-0.2, -0.15) is 0 Å². The van der Waals surface area contributed by atoms with Crippen LogP contribution in [0, 0.1) is 0 Å². The molecule has 3 aromatic carbocycles. The molecule has 7 nitrogen and oxygen atoms in total. The van der Waals surface area contributed by atoms with Gasteiger partial charge in [0.25, 0.3) is 0 Å². The van der Waals surface area contributed by atoms with E-state index in [-0.39, 0.29) is 11.6 Å². The molecule has 0 atom stereocenters. The molecular weight excluding hydrogens is 675 g/mol. The van der Waals surface area contributed by atoms with Crippen LogP contribution in [0.3, 0.4) is 0 Å². The van der Waals surface area contributed by atoms with Crippen LogP contribution >= 0.6 is 0 Å². The van der Waals surface area contributed by atoms with Crippen molar-refractivity contribution in [3.63, 3.8) is 0 Å². The normalized spacial score (nSPS) is 14.3. The van der Waals surface area contributed by atoms with Crippen LogP contribution in [-0.4, -0.2) is 52.2 Å². The van der Waals surface area contributed by atoms with E-state index in [9.17, 15) is 9.59 Å². The number of aromatic amines is 1. The zero-order chi connectivity index (χ0) is 39.4. The fraction of sp³-hybridized carbons (Fsp3) is 0.404. The zero-order valence-corrected chi connectivity index (χ0v) is 33.3. The van der Waals surface area contributed by atoms with Crippen molar-refractivity contribution in [1.82, 2.24) is 4.98 Å². The predicted molar refractivity (Wildman–Crippen MR) is 216 cm³/mol. The maximum Gasteiger partial charge on any atom is 0.186 e. The second-order valence-electron chi connectivity index (χ2n) is 16.5. The van der Waals surface area contributed by atoms with Crippen LogP contribution in [0.1, 0.15) is 96.9 Å². The Morgan fingerprint density at radius 1 is 0.704 bits per heavy atom. The maximum absolute atomic E-state index is 12.2. The number of H-pyrrole nitrogens is 1. The summed E-state index contributed by atoms with van der Waals surface area (Å²) in [5.74, 6) is 1.25. The van der Waals surface area contributed by atoms with Crippen molar-refractivity contribution in [3.05, 3.63) is 133 Å². The summed E-state index contributed by atoms with van der Waals surface area (Å²) in [4.78, 5) is 27.7. The fourth-order valence-electron chi connectivity index (χ4n) is 7.19. The number of carbonyl (C=O) groups is 2. The van der Waals surface area contributed by atoms with E-state index in [1.165, 1.54) is 34.4 Å². The average Bonchev–Trinajstić information content (AvgIpc) is 3.80. The second kappa shape index (κ2) is 15.9. The van der Waals surface area contributed by atoms with Gasteiger partial charge in [0.05, 0.1) is 13.2 Å². The summed E-state index contributed by atoms with van der Waals surface area (Å²) in [7, 11) is 0. The van der Waals surface area contributed by atoms with Crippen molar-refractivity contribution in [1.29, 1.82) is 0 Å². The molecule has 0 bridgehead atoms. The standard InChI is InChI=1S/C47H57NO6/c1-11-41(49)45(7,8)51-30-27-43(3,4)53-37-21-17-35(18-22-37)47(26-25-33-15-16-34(32-39(33)47)40-14-13-29-48-40)36-19-23-38(24-20-36)54-44(5,6)28-31-52-46(9,10)42(50)12-2/h11-24,29,32,48H,1-2,25-28,30-31H2,3-10H3. The Labute approximate surface area is 321 Å². The van der Waals surface area contributed by atoms with Crippen LogP contribution < -0.4 is 9.47 Å². The lowest BCUT2D eigenvalue weighted by atomic mass is 9.70. The molecule has 4 aromatic rings. The molecule has 0 radical (unpaired) electrons. The van der Waals surface area contributed by atoms with Gasteiger partial charge in [-0.3, -0.25) is 9.59 Å². The quantitative estimate of drug-likeness (QED) is 0.0967. The average molecular weight is 732 g/mol. The highest BCUT2D eigenvalue weighted by molar-refractivity contribution is 5.96. The molecular formula is C47H57NO6. The number of aromatic nitrogens is 1. The minimum atomic E-state index is -0.924. The molecule has 1 aromatic heterocycles. The van der Waals surface area contributed by atoms with E-state index in [4.69, 9.17) is 18.9 Å². The third-order valence-corrected chi connectivity index (χ3v) is 10.6. The number of nitrogens with one attached hydrogen (secondary N) is 1. The summed E-state index contributed by atoms with van der Waals surface area (Å²) < 4.78 is 24.8.